The Labute approximate surface area is 146 Å². The third kappa shape index (κ3) is 2.42. The maximum atomic E-state index is 12.5. The number of ether oxygens (including phenoxy) is 1. The van der Waals surface area contributed by atoms with E-state index in [2.05, 4.69) is 0 Å². The highest BCUT2D eigenvalue weighted by atomic mass is 35.5. The van der Waals surface area contributed by atoms with Crippen molar-refractivity contribution in [1.82, 2.24) is 3.96 Å². The number of benzene rings is 1. The molecule has 120 valence electrons. The molecule has 4 rings (SSSR count). The predicted molar refractivity (Wildman–Crippen MR) is 89.8 cm³/mol. The largest absolute Gasteiger partial charge is 0.439 e. The zero-order valence-electron chi connectivity index (χ0n) is 12.1. The average Bonchev–Trinajstić information content (AvgIpc) is 3.18. The third-order valence-corrected chi connectivity index (χ3v) is 6.49. The summed E-state index contributed by atoms with van der Waals surface area (Å²) in [5, 5.41) is 0.475. The summed E-state index contributed by atoms with van der Waals surface area (Å²) in [5.74, 6) is 0.292. The van der Waals surface area contributed by atoms with E-state index in [0.717, 1.165) is 24.8 Å². The highest BCUT2D eigenvalue weighted by Crippen LogP contribution is 2.53. The molecule has 1 saturated carbocycles. The first kappa shape index (κ1) is 15.2. The van der Waals surface area contributed by atoms with Crippen LogP contribution >= 0.6 is 34.7 Å². The highest BCUT2D eigenvalue weighted by Gasteiger charge is 2.41. The number of carbonyl (C=O) groups excluding carboxylic acids is 1. The number of hydrogen-bond donors (Lipinski definition) is 0. The Morgan fingerprint density at radius 1 is 1.26 bits per heavy atom. The molecule has 2 aliphatic rings. The van der Waals surface area contributed by atoms with E-state index in [4.69, 9.17) is 27.9 Å². The molecule has 7 heteroatoms. The normalized spacial score (nSPS) is 21.5. The Balaban J connectivity index is 1.55. The number of nitrogens with zero attached hydrogens (tertiary/aromatic N) is 1. The molecular formula is C16H13Cl2NO3S. The van der Waals surface area contributed by atoms with Gasteiger partial charge in [0.1, 0.15) is 0 Å². The van der Waals surface area contributed by atoms with Gasteiger partial charge in [0.05, 0.1) is 15.6 Å². The number of halogens is 2. The molecule has 0 aliphatic heterocycles. The van der Waals surface area contributed by atoms with Crippen LogP contribution in [0.25, 0.3) is 0 Å². The molecule has 2 unspecified atom stereocenters. The lowest BCUT2D eigenvalue weighted by Gasteiger charge is -2.08. The van der Waals surface area contributed by atoms with Crippen LogP contribution in [-0.4, -0.2) is 9.93 Å². The first-order chi connectivity index (χ1) is 11.1. The molecule has 2 atom stereocenters. The molecule has 0 radical (unpaired) electrons. The lowest BCUT2D eigenvalue weighted by Crippen LogP contribution is -2.21. The maximum absolute atomic E-state index is 12.5. The van der Waals surface area contributed by atoms with Gasteiger partial charge in [0.15, 0.2) is 6.73 Å². The summed E-state index contributed by atoms with van der Waals surface area (Å²) in [5.41, 5.74) is 1.06. The fourth-order valence-electron chi connectivity index (χ4n) is 3.57. The van der Waals surface area contributed by atoms with Crippen LogP contribution in [0.15, 0.2) is 23.0 Å². The Kier molecular flexibility index (Phi) is 3.75. The zero-order chi connectivity index (χ0) is 16.1. The SMILES string of the molecule is O=C(OCn1sc2c(c1=O)C1CCC2C1)c1c(Cl)cccc1Cl. The summed E-state index contributed by atoms with van der Waals surface area (Å²) < 4.78 is 6.76. The van der Waals surface area contributed by atoms with Crippen LogP contribution in [0, 0.1) is 0 Å². The number of aromatic nitrogens is 1. The van der Waals surface area contributed by atoms with Crippen LogP contribution in [0.4, 0.5) is 0 Å². The van der Waals surface area contributed by atoms with E-state index in [0.29, 0.717) is 11.8 Å². The van der Waals surface area contributed by atoms with Gasteiger partial charge in [0.25, 0.3) is 5.56 Å². The van der Waals surface area contributed by atoms with Gasteiger partial charge < -0.3 is 4.74 Å². The van der Waals surface area contributed by atoms with Crippen molar-refractivity contribution in [3.63, 3.8) is 0 Å². The molecule has 1 fully saturated rings. The van der Waals surface area contributed by atoms with Gasteiger partial charge in [-0.3, -0.25) is 4.79 Å². The summed E-state index contributed by atoms with van der Waals surface area (Å²) in [7, 11) is 0. The summed E-state index contributed by atoms with van der Waals surface area (Å²) in [4.78, 5) is 25.8. The predicted octanol–water partition coefficient (Wildman–Crippen LogP) is 4.40. The lowest BCUT2D eigenvalue weighted by atomic mass is 10.00. The minimum absolute atomic E-state index is 0.0183. The van der Waals surface area contributed by atoms with Crippen molar-refractivity contribution in [2.75, 3.05) is 0 Å². The van der Waals surface area contributed by atoms with Gasteiger partial charge in [-0.05, 0) is 43.2 Å². The van der Waals surface area contributed by atoms with Gasteiger partial charge in [-0.25, -0.2) is 8.75 Å². The summed E-state index contributed by atoms with van der Waals surface area (Å²) >= 11 is 13.4. The van der Waals surface area contributed by atoms with Gasteiger partial charge >= 0.3 is 5.97 Å². The summed E-state index contributed by atoms with van der Waals surface area (Å²) in [6.45, 7) is -0.101. The van der Waals surface area contributed by atoms with E-state index >= 15 is 0 Å². The van der Waals surface area contributed by atoms with Crippen molar-refractivity contribution in [2.45, 2.75) is 37.8 Å². The Hall–Kier alpha value is -1.30. The second kappa shape index (κ2) is 5.65. The zero-order valence-corrected chi connectivity index (χ0v) is 14.4. The first-order valence-corrected chi connectivity index (χ1v) is 8.94. The van der Waals surface area contributed by atoms with Crippen molar-refractivity contribution < 1.29 is 9.53 Å². The van der Waals surface area contributed by atoms with Crippen LogP contribution < -0.4 is 5.56 Å². The number of rotatable bonds is 3. The van der Waals surface area contributed by atoms with Crippen molar-refractivity contribution in [3.05, 3.63) is 54.6 Å². The molecule has 0 spiro atoms. The van der Waals surface area contributed by atoms with Crippen LogP contribution in [-0.2, 0) is 11.5 Å². The van der Waals surface area contributed by atoms with Gasteiger partial charge in [0, 0.05) is 10.4 Å². The van der Waals surface area contributed by atoms with Crippen molar-refractivity contribution in [2.24, 2.45) is 0 Å². The standard InChI is InChI=1S/C16H13Cl2NO3S/c17-10-2-1-3-11(18)13(10)16(21)22-7-19-15(20)12-8-4-5-9(6-8)14(12)23-19/h1-3,8-9H,4-7H2. The molecule has 2 aliphatic carbocycles. The molecule has 23 heavy (non-hydrogen) atoms. The van der Waals surface area contributed by atoms with Crippen LogP contribution in [0.2, 0.25) is 10.0 Å². The quantitative estimate of drug-likeness (QED) is 0.753. The number of carbonyl (C=O) groups is 1. The molecule has 1 aromatic carbocycles. The highest BCUT2D eigenvalue weighted by molar-refractivity contribution is 7.06. The Morgan fingerprint density at radius 2 is 1.96 bits per heavy atom. The minimum Gasteiger partial charge on any atom is -0.439 e. The molecule has 2 aromatic rings. The van der Waals surface area contributed by atoms with Gasteiger partial charge in [-0.2, -0.15) is 0 Å². The second-order valence-corrected chi connectivity index (χ2v) is 7.79. The van der Waals surface area contributed by atoms with Crippen LogP contribution in [0.5, 0.6) is 0 Å². The first-order valence-electron chi connectivity index (χ1n) is 7.41. The van der Waals surface area contributed by atoms with Crippen LogP contribution in [0.3, 0.4) is 0 Å². The Bertz CT molecular complexity index is 837. The molecule has 0 N–H and O–H groups in total. The molecule has 2 bridgehead atoms. The fourth-order valence-corrected chi connectivity index (χ4v) is 5.36. The third-order valence-electron chi connectivity index (χ3n) is 4.62. The number of fused-ring (bicyclic) bond motifs is 5. The average molecular weight is 370 g/mol. The Morgan fingerprint density at radius 3 is 2.65 bits per heavy atom. The summed E-state index contributed by atoms with van der Waals surface area (Å²) in [6.07, 6.45) is 3.36. The molecule has 4 nitrogen and oxygen atoms in total. The fraction of sp³-hybridized carbons (Fsp3) is 0.375. The van der Waals surface area contributed by atoms with Crippen LogP contribution in [0.1, 0.15) is 51.9 Å². The van der Waals surface area contributed by atoms with Crippen molar-refractivity contribution in [1.29, 1.82) is 0 Å². The molecule has 0 saturated heterocycles. The molecular weight excluding hydrogens is 357 g/mol. The van der Waals surface area contributed by atoms with Crippen molar-refractivity contribution >= 4 is 40.7 Å². The lowest BCUT2D eigenvalue weighted by molar-refractivity contribution is 0.0385. The number of esters is 1. The topological polar surface area (TPSA) is 48.3 Å². The maximum Gasteiger partial charge on any atom is 0.342 e. The summed E-state index contributed by atoms with van der Waals surface area (Å²) in [6, 6.07) is 4.81. The van der Waals surface area contributed by atoms with E-state index in [1.54, 1.807) is 18.2 Å². The molecule has 1 aromatic heterocycles. The van der Waals surface area contributed by atoms with Gasteiger partial charge in [-0.15, -0.1) is 0 Å². The number of hydrogen-bond acceptors (Lipinski definition) is 4. The second-order valence-electron chi connectivity index (χ2n) is 5.92. The van der Waals surface area contributed by atoms with E-state index in [-0.39, 0.29) is 27.9 Å². The molecule has 0 amide bonds. The minimum atomic E-state index is -0.621. The van der Waals surface area contributed by atoms with Gasteiger partial charge in [-0.1, -0.05) is 40.8 Å². The van der Waals surface area contributed by atoms with Crippen molar-refractivity contribution in [3.8, 4) is 0 Å². The van der Waals surface area contributed by atoms with E-state index in [9.17, 15) is 9.59 Å². The monoisotopic (exact) mass is 369 g/mol. The molecule has 1 heterocycles. The van der Waals surface area contributed by atoms with E-state index in [1.165, 1.54) is 20.4 Å². The smallest absolute Gasteiger partial charge is 0.342 e. The van der Waals surface area contributed by atoms with E-state index in [1.807, 2.05) is 0 Å². The van der Waals surface area contributed by atoms with Gasteiger partial charge in [0.2, 0.25) is 0 Å². The van der Waals surface area contributed by atoms with E-state index < -0.39 is 5.97 Å².